The van der Waals surface area contributed by atoms with Crippen molar-refractivity contribution in [2.75, 3.05) is 10.2 Å². The zero-order valence-corrected chi connectivity index (χ0v) is 16.1. The van der Waals surface area contributed by atoms with E-state index in [0.29, 0.717) is 0 Å². The number of hydrogen-bond donors (Lipinski definition) is 1. The van der Waals surface area contributed by atoms with Crippen molar-refractivity contribution in [3.05, 3.63) is 112 Å². The standard InChI is InChI=1S/C26H22N2/c1-18-17-24(20-9-5-3-6-10-20)23-16-15-21-14-13-19(2)28(26(21)25(23)27-18)22-11-7-4-8-12-22/h3-17,27H,1-2H3. The molecule has 5 rings (SSSR count). The maximum atomic E-state index is 3.66. The van der Waals surface area contributed by atoms with Gasteiger partial charge in [-0.05, 0) is 49.3 Å². The van der Waals surface area contributed by atoms with Crippen molar-refractivity contribution in [2.24, 2.45) is 0 Å². The second kappa shape index (κ2) is 6.58. The molecule has 3 aromatic rings. The van der Waals surface area contributed by atoms with Crippen LogP contribution in [0.15, 0.2) is 96.3 Å². The molecule has 0 saturated heterocycles. The van der Waals surface area contributed by atoms with Crippen LogP contribution in [-0.4, -0.2) is 0 Å². The SMILES string of the molecule is CC1=CC(c2ccccc2)=c2ccc3c(c2N1)N(c1ccccc1)C(C)=CC=3. The topological polar surface area (TPSA) is 15.3 Å². The van der Waals surface area contributed by atoms with E-state index >= 15 is 0 Å². The first-order valence-electron chi connectivity index (χ1n) is 9.64. The lowest BCUT2D eigenvalue weighted by atomic mass is 9.96. The van der Waals surface area contributed by atoms with Gasteiger partial charge < -0.3 is 10.2 Å². The molecular weight excluding hydrogens is 340 g/mol. The molecule has 0 unspecified atom stereocenters. The quantitative estimate of drug-likeness (QED) is 0.686. The number of benzene rings is 3. The lowest BCUT2D eigenvalue weighted by Crippen LogP contribution is -2.31. The summed E-state index contributed by atoms with van der Waals surface area (Å²) >= 11 is 0. The molecule has 2 heterocycles. The number of anilines is 3. The monoisotopic (exact) mass is 362 g/mol. The average molecular weight is 362 g/mol. The van der Waals surface area contributed by atoms with Gasteiger partial charge in [-0.1, -0.05) is 66.7 Å². The van der Waals surface area contributed by atoms with E-state index in [2.05, 4.69) is 115 Å². The van der Waals surface area contributed by atoms with Crippen molar-refractivity contribution in [3.8, 4) is 0 Å². The minimum Gasteiger partial charge on any atom is -0.357 e. The van der Waals surface area contributed by atoms with Crippen LogP contribution in [0.3, 0.4) is 0 Å². The maximum absolute atomic E-state index is 3.66. The molecule has 1 N–H and O–H groups in total. The number of para-hydroxylation sites is 1. The summed E-state index contributed by atoms with van der Waals surface area (Å²) in [6.45, 7) is 4.30. The molecule has 0 fully saturated rings. The van der Waals surface area contributed by atoms with E-state index in [-0.39, 0.29) is 0 Å². The minimum absolute atomic E-state index is 1.15. The first-order valence-corrected chi connectivity index (χ1v) is 9.64. The average Bonchev–Trinajstić information content (AvgIpc) is 2.74. The summed E-state index contributed by atoms with van der Waals surface area (Å²) < 4.78 is 0. The van der Waals surface area contributed by atoms with Crippen LogP contribution in [0.1, 0.15) is 19.4 Å². The zero-order chi connectivity index (χ0) is 19.1. The molecule has 0 saturated carbocycles. The molecule has 2 nitrogen and oxygen atoms in total. The number of nitrogens with zero attached hydrogens (tertiary/aromatic N) is 1. The van der Waals surface area contributed by atoms with E-state index in [0.717, 1.165) is 5.70 Å². The van der Waals surface area contributed by atoms with Crippen molar-refractivity contribution in [2.45, 2.75) is 13.8 Å². The zero-order valence-electron chi connectivity index (χ0n) is 16.1. The van der Waals surface area contributed by atoms with Gasteiger partial charge in [-0.3, -0.25) is 0 Å². The normalized spacial score (nSPS) is 14.9. The Balaban J connectivity index is 1.84. The van der Waals surface area contributed by atoms with Crippen molar-refractivity contribution >= 4 is 28.7 Å². The number of fused-ring (bicyclic) bond motifs is 3. The van der Waals surface area contributed by atoms with Crippen molar-refractivity contribution in [1.29, 1.82) is 0 Å². The van der Waals surface area contributed by atoms with Crippen molar-refractivity contribution < 1.29 is 0 Å². The Kier molecular flexibility index (Phi) is 3.91. The fraction of sp³-hybridized carbons (Fsp3) is 0.0769. The van der Waals surface area contributed by atoms with Gasteiger partial charge in [0.25, 0.3) is 0 Å². The highest BCUT2D eigenvalue weighted by Gasteiger charge is 2.22. The van der Waals surface area contributed by atoms with E-state index in [1.54, 1.807) is 0 Å². The van der Waals surface area contributed by atoms with E-state index in [4.69, 9.17) is 0 Å². The van der Waals surface area contributed by atoms with Gasteiger partial charge >= 0.3 is 0 Å². The third-order valence-electron chi connectivity index (χ3n) is 5.36. The number of nitrogens with one attached hydrogen (secondary N) is 1. The molecule has 3 aromatic carbocycles. The summed E-state index contributed by atoms with van der Waals surface area (Å²) in [6.07, 6.45) is 6.64. The molecule has 0 aromatic heterocycles. The van der Waals surface area contributed by atoms with E-state index in [9.17, 15) is 0 Å². The Morgan fingerprint density at radius 1 is 0.750 bits per heavy atom. The van der Waals surface area contributed by atoms with Crippen molar-refractivity contribution in [1.82, 2.24) is 0 Å². The number of rotatable bonds is 2. The van der Waals surface area contributed by atoms with E-state index < -0.39 is 0 Å². The van der Waals surface area contributed by atoms with Gasteiger partial charge in [0.1, 0.15) is 0 Å². The summed E-state index contributed by atoms with van der Waals surface area (Å²) in [5.41, 5.74) is 8.42. The Hall–Kier alpha value is -3.52. The third-order valence-corrected chi connectivity index (χ3v) is 5.36. The summed E-state index contributed by atoms with van der Waals surface area (Å²) in [6, 6.07) is 25.7. The Morgan fingerprint density at radius 2 is 1.46 bits per heavy atom. The first kappa shape index (κ1) is 16.6. The molecule has 0 bridgehead atoms. The summed E-state index contributed by atoms with van der Waals surface area (Å²) in [5.74, 6) is 0. The van der Waals surface area contributed by atoms with Gasteiger partial charge in [0, 0.05) is 27.5 Å². The molecule has 0 aliphatic carbocycles. The molecule has 28 heavy (non-hydrogen) atoms. The molecule has 2 heteroatoms. The second-order valence-electron chi connectivity index (χ2n) is 7.30. The summed E-state index contributed by atoms with van der Waals surface area (Å²) in [5, 5.41) is 6.12. The van der Waals surface area contributed by atoms with Gasteiger partial charge in [0.2, 0.25) is 0 Å². The van der Waals surface area contributed by atoms with E-state index in [1.165, 1.54) is 44.3 Å². The van der Waals surface area contributed by atoms with Crippen LogP contribution in [0.2, 0.25) is 0 Å². The van der Waals surface area contributed by atoms with Gasteiger partial charge in [0.15, 0.2) is 0 Å². The fourth-order valence-corrected chi connectivity index (χ4v) is 4.09. The lowest BCUT2D eigenvalue weighted by Gasteiger charge is -2.32. The smallest absolute Gasteiger partial charge is 0.0773 e. The van der Waals surface area contributed by atoms with Crippen LogP contribution in [0.5, 0.6) is 0 Å². The van der Waals surface area contributed by atoms with Crippen LogP contribution in [0.4, 0.5) is 17.1 Å². The highest BCUT2D eigenvalue weighted by atomic mass is 15.2. The summed E-state index contributed by atoms with van der Waals surface area (Å²) in [7, 11) is 0. The Bertz CT molecular complexity index is 1230. The van der Waals surface area contributed by atoms with Crippen LogP contribution in [0, 0.1) is 0 Å². The number of hydrogen-bond acceptors (Lipinski definition) is 2. The highest BCUT2D eigenvalue weighted by molar-refractivity contribution is 5.90. The molecule has 2 aliphatic heterocycles. The highest BCUT2D eigenvalue weighted by Crippen LogP contribution is 2.35. The fourth-order valence-electron chi connectivity index (χ4n) is 4.09. The Labute approximate surface area is 165 Å². The predicted octanol–water partition coefficient (Wildman–Crippen LogP) is 5.05. The van der Waals surface area contributed by atoms with Crippen LogP contribution in [0.25, 0.3) is 11.6 Å². The molecule has 0 atom stereocenters. The summed E-state index contributed by atoms with van der Waals surface area (Å²) in [4.78, 5) is 2.35. The largest absolute Gasteiger partial charge is 0.357 e. The van der Waals surface area contributed by atoms with Crippen LogP contribution >= 0.6 is 0 Å². The third kappa shape index (κ3) is 2.66. The molecule has 0 radical (unpaired) electrons. The first-order chi connectivity index (χ1) is 13.7. The van der Waals surface area contributed by atoms with Gasteiger partial charge in [-0.15, -0.1) is 0 Å². The molecule has 2 aliphatic rings. The molecule has 0 amide bonds. The van der Waals surface area contributed by atoms with Crippen molar-refractivity contribution in [3.63, 3.8) is 0 Å². The Morgan fingerprint density at radius 3 is 2.21 bits per heavy atom. The van der Waals surface area contributed by atoms with E-state index in [1.807, 2.05) is 0 Å². The minimum atomic E-state index is 1.15. The predicted molar refractivity (Wildman–Crippen MR) is 119 cm³/mol. The molecule has 0 spiro atoms. The van der Waals surface area contributed by atoms with Gasteiger partial charge in [0.05, 0.1) is 11.4 Å². The van der Waals surface area contributed by atoms with Crippen LogP contribution < -0.4 is 20.7 Å². The second-order valence-corrected chi connectivity index (χ2v) is 7.30. The molecule has 136 valence electrons. The van der Waals surface area contributed by atoms with Gasteiger partial charge in [-0.25, -0.2) is 0 Å². The maximum Gasteiger partial charge on any atom is 0.0773 e. The van der Waals surface area contributed by atoms with Gasteiger partial charge in [-0.2, -0.15) is 0 Å². The molecular formula is C26H22N2. The lowest BCUT2D eigenvalue weighted by molar-refractivity contribution is 1.13. The van der Waals surface area contributed by atoms with Crippen LogP contribution in [-0.2, 0) is 0 Å². The number of allylic oxidation sites excluding steroid dienone is 4.